The molecule has 1 aliphatic rings. The number of aryl methyl sites for hydroxylation is 2. The number of hydrogen-bond donors (Lipinski definition) is 1. The van der Waals surface area contributed by atoms with E-state index in [9.17, 15) is 4.79 Å². The molecular weight excluding hydrogens is 240 g/mol. The number of piperidine rings is 1. The molecule has 1 fully saturated rings. The van der Waals surface area contributed by atoms with Crippen LogP contribution in [0.1, 0.15) is 37.7 Å². The molecule has 104 valence electrons. The molecule has 1 saturated heterocycles. The van der Waals surface area contributed by atoms with Crippen LogP contribution < -0.4 is 10.2 Å². The highest BCUT2D eigenvalue weighted by Gasteiger charge is 2.22. The Kier molecular flexibility index (Phi) is 4.35. The van der Waals surface area contributed by atoms with Crippen molar-refractivity contribution in [2.24, 2.45) is 0 Å². The quantitative estimate of drug-likeness (QED) is 0.898. The van der Waals surface area contributed by atoms with Gasteiger partial charge < -0.3 is 10.2 Å². The van der Waals surface area contributed by atoms with Gasteiger partial charge in [-0.15, -0.1) is 0 Å². The van der Waals surface area contributed by atoms with E-state index in [1.54, 1.807) is 0 Å². The highest BCUT2D eigenvalue weighted by molar-refractivity contribution is 5.75. The molecule has 2 rings (SSSR count). The number of nitrogens with zero attached hydrogens (tertiary/aromatic N) is 3. The molecule has 0 spiro atoms. The molecule has 19 heavy (non-hydrogen) atoms. The Labute approximate surface area is 114 Å². The summed E-state index contributed by atoms with van der Waals surface area (Å²) in [6, 6.07) is 2.24. The number of nitrogens with one attached hydrogen (secondary N) is 1. The molecule has 0 bridgehead atoms. The van der Waals surface area contributed by atoms with Crippen LogP contribution in [0.5, 0.6) is 0 Å². The molecule has 5 nitrogen and oxygen atoms in total. The minimum atomic E-state index is 0.127. The first-order valence-electron chi connectivity index (χ1n) is 6.95. The lowest BCUT2D eigenvalue weighted by atomic mass is 10.1. The van der Waals surface area contributed by atoms with Gasteiger partial charge in [0.15, 0.2) is 0 Å². The van der Waals surface area contributed by atoms with Gasteiger partial charge in [-0.2, -0.15) is 0 Å². The Bertz CT molecular complexity index is 441. The molecule has 1 amide bonds. The van der Waals surface area contributed by atoms with Gasteiger partial charge in [0.2, 0.25) is 5.91 Å². The zero-order valence-corrected chi connectivity index (χ0v) is 11.9. The van der Waals surface area contributed by atoms with Crippen molar-refractivity contribution in [2.45, 2.75) is 46.1 Å². The fraction of sp³-hybridized carbons (Fsp3) is 0.643. The topological polar surface area (TPSA) is 58.1 Å². The molecule has 0 radical (unpaired) electrons. The van der Waals surface area contributed by atoms with E-state index in [4.69, 9.17) is 0 Å². The number of rotatable bonds is 3. The van der Waals surface area contributed by atoms with Crippen molar-refractivity contribution >= 4 is 11.7 Å². The maximum atomic E-state index is 11.5. The predicted octanol–water partition coefficient (Wildman–Crippen LogP) is 1.59. The van der Waals surface area contributed by atoms with Gasteiger partial charge in [-0.25, -0.2) is 9.97 Å². The summed E-state index contributed by atoms with van der Waals surface area (Å²) in [4.78, 5) is 22.5. The summed E-state index contributed by atoms with van der Waals surface area (Å²) >= 11 is 0. The summed E-state index contributed by atoms with van der Waals surface area (Å²) in [6.07, 6.45) is 2.67. The van der Waals surface area contributed by atoms with Gasteiger partial charge in [-0.3, -0.25) is 4.79 Å². The summed E-state index contributed by atoms with van der Waals surface area (Å²) in [6.45, 7) is 7.61. The normalized spacial score (nSPS) is 19.3. The summed E-state index contributed by atoms with van der Waals surface area (Å²) in [7, 11) is 0. The first-order valence-corrected chi connectivity index (χ1v) is 6.95. The van der Waals surface area contributed by atoms with Crippen LogP contribution >= 0.6 is 0 Å². The summed E-state index contributed by atoms with van der Waals surface area (Å²) in [5.74, 6) is 1.90. The minimum Gasteiger partial charge on any atom is -0.354 e. The Morgan fingerprint density at radius 3 is 2.95 bits per heavy atom. The zero-order valence-electron chi connectivity index (χ0n) is 11.9. The molecule has 1 aromatic rings. The molecule has 5 heteroatoms. The van der Waals surface area contributed by atoms with Crippen LogP contribution in [-0.4, -0.2) is 35.0 Å². The molecule has 1 aliphatic heterocycles. The van der Waals surface area contributed by atoms with Crippen molar-refractivity contribution in [3.05, 3.63) is 17.6 Å². The van der Waals surface area contributed by atoms with E-state index < -0.39 is 0 Å². The van der Waals surface area contributed by atoms with Crippen LogP contribution in [0.2, 0.25) is 0 Å². The van der Waals surface area contributed by atoms with Gasteiger partial charge in [0, 0.05) is 37.3 Å². The Hall–Kier alpha value is -1.65. The van der Waals surface area contributed by atoms with Crippen molar-refractivity contribution in [3.63, 3.8) is 0 Å². The van der Waals surface area contributed by atoms with Crippen LogP contribution in [-0.2, 0) is 4.79 Å². The standard InChI is InChI=1S/C14H22N4O/c1-4-14(19)17-12-6-5-7-18(9-12)13-8-10(2)15-11(3)16-13/h8,12H,4-7,9H2,1-3H3,(H,17,19). The number of aromatic nitrogens is 2. The lowest BCUT2D eigenvalue weighted by Crippen LogP contribution is -2.48. The third kappa shape index (κ3) is 3.66. The SMILES string of the molecule is CCC(=O)NC1CCCN(c2cc(C)nc(C)n2)C1. The number of anilines is 1. The molecule has 0 aliphatic carbocycles. The van der Waals surface area contributed by atoms with Gasteiger partial charge in [-0.1, -0.05) is 6.92 Å². The van der Waals surface area contributed by atoms with Crippen molar-refractivity contribution in [1.82, 2.24) is 15.3 Å². The Morgan fingerprint density at radius 1 is 1.47 bits per heavy atom. The second-order valence-corrected chi connectivity index (χ2v) is 5.12. The molecule has 1 aromatic heterocycles. The molecule has 0 saturated carbocycles. The largest absolute Gasteiger partial charge is 0.354 e. The molecule has 1 atom stereocenters. The third-order valence-electron chi connectivity index (χ3n) is 3.38. The Balaban J connectivity index is 2.06. The van der Waals surface area contributed by atoms with Crippen LogP contribution in [0.4, 0.5) is 5.82 Å². The Morgan fingerprint density at radius 2 is 2.26 bits per heavy atom. The van der Waals surface area contributed by atoms with Crippen molar-refractivity contribution < 1.29 is 4.79 Å². The van der Waals surface area contributed by atoms with Crippen LogP contribution in [0.3, 0.4) is 0 Å². The van der Waals surface area contributed by atoms with Crippen LogP contribution in [0.25, 0.3) is 0 Å². The average molecular weight is 262 g/mol. The second-order valence-electron chi connectivity index (χ2n) is 5.12. The lowest BCUT2D eigenvalue weighted by Gasteiger charge is -2.34. The fourth-order valence-corrected chi connectivity index (χ4v) is 2.49. The van der Waals surface area contributed by atoms with E-state index in [1.165, 1.54) is 0 Å². The van der Waals surface area contributed by atoms with E-state index >= 15 is 0 Å². The second kappa shape index (κ2) is 5.99. The van der Waals surface area contributed by atoms with Crippen LogP contribution in [0.15, 0.2) is 6.07 Å². The number of amides is 1. The first kappa shape index (κ1) is 13.8. The maximum Gasteiger partial charge on any atom is 0.219 e. The third-order valence-corrected chi connectivity index (χ3v) is 3.38. The van der Waals surface area contributed by atoms with E-state index in [0.29, 0.717) is 6.42 Å². The van der Waals surface area contributed by atoms with E-state index in [0.717, 1.165) is 43.3 Å². The van der Waals surface area contributed by atoms with Gasteiger partial charge in [0.05, 0.1) is 0 Å². The van der Waals surface area contributed by atoms with Gasteiger partial charge in [0.1, 0.15) is 11.6 Å². The van der Waals surface area contributed by atoms with Crippen molar-refractivity contribution in [1.29, 1.82) is 0 Å². The number of carbonyl (C=O) groups excluding carboxylic acids is 1. The molecule has 1 N–H and O–H groups in total. The number of hydrogen-bond acceptors (Lipinski definition) is 4. The molecule has 2 heterocycles. The minimum absolute atomic E-state index is 0.127. The van der Waals surface area contributed by atoms with Crippen molar-refractivity contribution in [3.8, 4) is 0 Å². The van der Waals surface area contributed by atoms with Crippen LogP contribution in [0, 0.1) is 13.8 Å². The molecule has 0 aromatic carbocycles. The highest BCUT2D eigenvalue weighted by Crippen LogP contribution is 2.18. The fourth-order valence-electron chi connectivity index (χ4n) is 2.49. The van der Waals surface area contributed by atoms with E-state index in [1.807, 2.05) is 26.8 Å². The van der Waals surface area contributed by atoms with Gasteiger partial charge in [-0.05, 0) is 26.7 Å². The number of carbonyl (C=O) groups is 1. The van der Waals surface area contributed by atoms with Gasteiger partial charge >= 0.3 is 0 Å². The molecular formula is C14H22N4O. The summed E-state index contributed by atoms with van der Waals surface area (Å²) < 4.78 is 0. The zero-order chi connectivity index (χ0) is 13.8. The first-order chi connectivity index (χ1) is 9.08. The monoisotopic (exact) mass is 262 g/mol. The van der Waals surface area contributed by atoms with E-state index in [2.05, 4.69) is 20.2 Å². The smallest absolute Gasteiger partial charge is 0.219 e. The van der Waals surface area contributed by atoms with E-state index in [-0.39, 0.29) is 11.9 Å². The lowest BCUT2D eigenvalue weighted by molar-refractivity contribution is -0.121. The van der Waals surface area contributed by atoms with Gasteiger partial charge in [0.25, 0.3) is 0 Å². The average Bonchev–Trinajstić information content (AvgIpc) is 2.38. The van der Waals surface area contributed by atoms with Crippen molar-refractivity contribution in [2.75, 3.05) is 18.0 Å². The summed E-state index contributed by atoms with van der Waals surface area (Å²) in [5.41, 5.74) is 0.988. The highest BCUT2D eigenvalue weighted by atomic mass is 16.1. The summed E-state index contributed by atoms with van der Waals surface area (Å²) in [5, 5.41) is 3.07. The maximum absolute atomic E-state index is 11.5. The predicted molar refractivity (Wildman–Crippen MR) is 75.2 cm³/mol. The molecule has 1 unspecified atom stereocenters.